The zero-order chi connectivity index (χ0) is 8.91. The van der Waals surface area contributed by atoms with Gasteiger partial charge in [0.25, 0.3) is 0 Å². The van der Waals surface area contributed by atoms with Crippen molar-refractivity contribution < 1.29 is 4.79 Å². The number of hydrogen-bond acceptors (Lipinski definition) is 3. The number of carbonyl (C=O) groups excluding carboxylic acids is 1. The third kappa shape index (κ3) is 5.09. The van der Waals surface area contributed by atoms with Gasteiger partial charge < -0.3 is 11.1 Å². The summed E-state index contributed by atoms with van der Waals surface area (Å²) in [6.07, 6.45) is 0. The molecule has 0 aromatic heterocycles. The maximum atomic E-state index is 10.8. The molecule has 0 fully saturated rings. The molecule has 4 heteroatoms. The highest BCUT2D eigenvalue weighted by Gasteiger charge is 2.16. The molecule has 3 N–H and O–H groups in total. The van der Waals surface area contributed by atoms with E-state index in [0.29, 0.717) is 12.3 Å². The Hall–Kier alpha value is -0.220. The number of nitrogens with one attached hydrogen (secondary N) is 1. The highest BCUT2D eigenvalue weighted by molar-refractivity contribution is 8.01. The molecule has 0 aromatic carbocycles. The van der Waals surface area contributed by atoms with Crippen LogP contribution in [-0.4, -0.2) is 30.0 Å². The first-order valence-corrected chi connectivity index (χ1v) is 4.55. The normalized spacial score (nSPS) is 11.3. The van der Waals surface area contributed by atoms with Gasteiger partial charge in [0.15, 0.2) is 0 Å². The third-order valence-electron chi connectivity index (χ3n) is 1.36. The standard InChI is InChI=1S/C7H16N2OS/c1-7(2,5-8)11-4-6(10)9-3/h4-5,8H2,1-3H3,(H,9,10). The summed E-state index contributed by atoms with van der Waals surface area (Å²) in [6.45, 7) is 4.65. The van der Waals surface area contributed by atoms with Crippen molar-refractivity contribution in [2.75, 3.05) is 19.3 Å². The van der Waals surface area contributed by atoms with E-state index in [1.165, 1.54) is 0 Å². The molecule has 0 radical (unpaired) electrons. The van der Waals surface area contributed by atoms with Crippen molar-refractivity contribution in [1.29, 1.82) is 0 Å². The maximum absolute atomic E-state index is 10.8. The summed E-state index contributed by atoms with van der Waals surface area (Å²) in [5.41, 5.74) is 5.48. The number of hydrogen-bond donors (Lipinski definition) is 2. The van der Waals surface area contributed by atoms with Crippen molar-refractivity contribution in [1.82, 2.24) is 5.32 Å². The molecule has 0 rings (SSSR count). The van der Waals surface area contributed by atoms with Crippen LogP contribution in [0.3, 0.4) is 0 Å². The van der Waals surface area contributed by atoms with Gasteiger partial charge in [-0.3, -0.25) is 4.79 Å². The van der Waals surface area contributed by atoms with E-state index in [2.05, 4.69) is 5.32 Å². The van der Waals surface area contributed by atoms with Crippen molar-refractivity contribution in [3.05, 3.63) is 0 Å². The molecule has 0 spiro atoms. The Bertz CT molecular complexity index is 136. The molecule has 0 unspecified atom stereocenters. The van der Waals surface area contributed by atoms with E-state index in [4.69, 9.17) is 5.73 Å². The van der Waals surface area contributed by atoms with Gasteiger partial charge in [-0.2, -0.15) is 0 Å². The van der Waals surface area contributed by atoms with Crippen LogP contribution in [0.1, 0.15) is 13.8 Å². The average Bonchev–Trinajstić information content (AvgIpc) is 2.00. The molecular weight excluding hydrogens is 160 g/mol. The Balaban J connectivity index is 3.61. The van der Waals surface area contributed by atoms with Crippen LogP contribution in [0.15, 0.2) is 0 Å². The van der Waals surface area contributed by atoms with Crippen molar-refractivity contribution in [2.24, 2.45) is 5.73 Å². The molecule has 0 heterocycles. The first-order chi connectivity index (χ1) is 5.02. The summed E-state index contributed by atoms with van der Waals surface area (Å²) >= 11 is 1.57. The number of rotatable bonds is 4. The Labute approximate surface area is 72.1 Å². The van der Waals surface area contributed by atoms with Crippen molar-refractivity contribution >= 4 is 17.7 Å². The maximum Gasteiger partial charge on any atom is 0.229 e. The van der Waals surface area contributed by atoms with Crippen LogP contribution in [-0.2, 0) is 4.79 Å². The fourth-order valence-electron chi connectivity index (χ4n) is 0.392. The van der Waals surface area contributed by atoms with Crippen molar-refractivity contribution in [3.8, 4) is 0 Å². The largest absolute Gasteiger partial charge is 0.358 e. The predicted octanol–water partition coefficient (Wildman–Crippen LogP) is 0.203. The van der Waals surface area contributed by atoms with Crippen LogP contribution in [0.25, 0.3) is 0 Å². The van der Waals surface area contributed by atoms with Gasteiger partial charge in [-0.25, -0.2) is 0 Å². The van der Waals surface area contributed by atoms with Crippen LogP contribution in [0.2, 0.25) is 0 Å². The van der Waals surface area contributed by atoms with Gasteiger partial charge in [0.2, 0.25) is 5.91 Å². The second-order valence-electron chi connectivity index (χ2n) is 2.93. The summed E-state index contributed by atoms with van der Waals surface area (Å²) in [4.78, 5) is 10.8. The number of thioether (sulfide) groups is 1. The van der Waals surface area contributed by atoms with E-state index >= 15 is 0 Å². The summed E-state index contributed by atoms with van der Waals surface area (Å²) in [5.74, 6) is 0.539. The van der Waals surface area contributed by atoms with Gasteiger partial charge in [0, 0.05) is 18.3 Å². The van der Waals surface area contributed by atoms with Crippen LogP contribution < -0.4 is 11.1 Å². The Morgan fingerprint density at radius 3 is 2.55 bits per heavy atom. The minimum absolute atomic E-state index is 0.00646. The zero-order valence-corrected chi connectivity index (χ0v) is 8.12. The molecule has 0 aliphatic heterocycles. The van der Waals surface area contributed by atoms with E-state index in [0.717, 1.165) is 0 Å². The number of amides is 1. The summed E-state index contributed by atoms with van der Waals surface area (Å²) in [6, 6.07) is 0. The number of carbonyl (C=O) groups is 1. The lowest BCUT2D eigenvalue weighted by Crippen LogP contribution is -2.30. The van der Waals surface area contributed by atoms with E-state index in [-0.39, 0.29) is 10.7 Å². The van der Waals surface area contributed by atoms with Gasteiger partial charge in [0.1, 0.15) is 0 Å². The fraction of sp³-hybridized carbons (Fsp3) is 0.857. The minimum Gasteiger partial charge on any atom is -0.358 e. The molecule has 0 saturated carbocycles. The smallest absolute Gasteiger partial charge is 0.229 e. The minimum atomic E-state index is 0.00646. The van der Waals surface area contributed by atoms with Crippen LogP contribution in [0.5, 0.6) is 0 Å². The van der Waals surface area contributed by atoms with E-state index in [1.54, 1.807) is 18.8 Å². The van der Waals surface area contributed by atoms with Crippen molar-refractivity contribution in [3.63, 3.8) is 0 Å². The average molecular weight is 176 g/mol. The van der Waals surface area contributed by atoms with E-state index in [1.807, 2.05) is 13.8 Å². The monoisotopic (exact) mass is 176 g/mol. The van der Waals surface area contributed by atoms with E-state index in [9.17, 15) is 4.79 Å². The molecule has 0 bridgehead atoms. The topological polar surface area (TPSA) is 55.1 Å². The lowest BCUT2D eigenvalue weighted by molar-refractivity contribution is -0.118. The van der Waals surface area contributed by atoms with Crippen LogP contribution in [0, 0.1) is 0 Å². The first-order valence-electron chi connectivity index (χ1n) is 3.56. The molecule has 0 saturated heterocycles. The van der Waals surface area contributed by atoms with Crippen LogP contribution >= 0.6 is 11.8 Å². The molecular formula is C7H16N2OS. The first kappa shape index (κ1) is 10.8. The molecule has 0 atom stereocenters. The number of nitrogens with two attached hydrogens (primary N) is 1. The lowest BCUT2D eigenvalue weighted by Gasteiger charge is -2.20. The SMILES string of the molecule is CNC(=O)CSC(C)(C)CN. The Morgan fingerprint density at radius 2 is 2.18 bits per heavy atom. The second-order valence-corrected chi connectivity index (χ2v) is 4.61. The second kappa shape index (κ2) is 4.62. The summed E-state index contributed by atoms with van der Waals surface area (Å²) in [5, 5.41) is 2.56. The lowest BCUT2D eigenvalue weighted by atomic mass is 10.2. The third-order valence-corrected chi connectivity index (χ3v) is 2.72. The Kier molecular flexibility index (Phi) is 4.52. The van der Waals surface area contributed by atoms with Gasteiger partial charge in [0.05, 0.1) is 5.75 Å². The molecule has 66 valence electrons. The van der Waals surface area contributed by atoms with Gasteiger partial charge >= 0.3 is 0 Å². The predicted molar refractivity (Wildman–Crippen MR) is 49.7 cm³/mol. The van der Waals surface area contributed by atoms with Gasteiger partial charge in [-0.1, -0.05) is 0 Å². The molecule has 0 aromatic rings. The van der Waals surface area contributed by atoms with Gasteiger partial charge in [-0.15, -0.1) is 11.8 Å². The molecule has 11 heavy (non-hydrogen) atoms. The van der Waals surface area contributed by atoms with E-state index < -0.39 is 0 Å². The molecule has 0 aliphatic carbocycles. The molecule has 1 amide bonds. The summed E-state index contributed by atoms with van der Waals surface area (Å²) in [7, 11) is 1.64. The highest BCUT2D eigenvalue weighted by Crippen LogP contribution is 2.21. The Morgan fingerprint density at radius 1 is 1.64 bits per heavy atom. The quantitative estimate of drug-likeness (QED) is 0.643. The molecule has 0 aliphatic rings. The zero-order valence-electron chi connectivity index (χ0n) is 7.31. The fourth-order valence-corrected chi connectivity index (χ4v) is 1.18. The highest BCUT2D eigenvalue weighted by atomic mass is 32.2. The van der Waals surface area contributed by atoms with Crippen molar-refractivity contribution in [2.45, 2.75) is 18.6 Å². The summed E-state index contributed by atoms with van der Waals surface area (Å²) < 4.78 is 0.00646. The molecule has 3 nitrogen and oxygen atoms in total. The van der Waals surface area contributed by atoms with Crippen LogP contribution in [0.4, 0.5) is 0 Å². The van der Waals surface area contributed by atoms with Gasteiger partial charge in [-0.05, 0) is 13.8 Å².